The molecule has 1 atom stereocenters. The number of likely N-dealkylation sites (N-methyl/N-ethyl adjacent to an activating group) is 1. The number of hydrogen-bond acceptors (Lipinski definition) is 3. The zero-order chi connectivity index (χ0) is 13.9. The summed E-state index contributed by atoms with van der Waals surface area (Å²) in [6, 6.07) is 9.61. The lowest BCUT2D eigenvalue weighted by Crippen LogP contribution is -2.58. The van der Waals surface area contributed by atoms with Crippen molar-refractivity contribution in [3.8, 4) is 0 Å². The summed E-state index contributed by atoms with van der Waals surface area (Å²) in [5.74, 6) is -0.745. The molecule has 0 radical (unpaired) electrons. The average Bonchev–Trinajstić information content (AvgIpc) is 2.43. The monoisotopic (exact) mass is 262 g/mol. The second-order valence-electron chi connectivity index (χ2n) is 5.18. The van der Waals surface area contributed by atoms with E-state index in [1.54, 1.807) is 0 Å². The molecule has 2 rings (SSSR count). The SMILES string of the molecule is CCC(C(=O)O)(c1ccccc1)N1CCN(C)CC1. The van der Waals surface area contributed by atoms with Crippen molar-refractivity contribution in [1.29, 1.82) is 0 Å². The van der Waals surface area contributed by atoms with Crippen molar-refractivity contribution in [3.05, 3.63) is 35.9 Å². The minimum Gasteiger partial charge on any atom is -0.480 e. The number of rotatable bonds is 4. The van der Waals surface area contributed by atoms with Crippen LogP contribution in [0.2, 0.25) is 0 Å². The highest BCUT2D eigenvalue weighted by Crippen LogP contribution is 2.33. The first-order valence-electron chi connectivity index (χ1n) is 6.83. The van der Waals surface area contributed by atoms with Crippen molar-refractivity contribution in [3.63, 3.8) is 0 Å². The summed E-state index contributed by atoms with van der Waals surface area (Å²) in [6.45, 7) is 5.39. The van der Waals surface area contributed by atoms with Crippen LogP contribution in [0.15, 0.2) is 30.3 Å². The normalized spacial score (nSPS) is 20.9. The van der Waals surface area contributed by atoms with Crippen molar-refractivity contribution < 1.29 is 9.90 Å². The summed E-state index contributed by atoms with van der Waals surface area (Å²) in [7, 11) is 2.08. The minimum absolute atomic E-state index is 0.579. The van der Waals surface area contributed by atoms with Gasteiger partial charge in [0.2, 0.25) is 0 Å². The van der Waals surface area contributed by atoms with Crippen molar-refractivity contribution in [2.24, 2.45) is 0 Å². The highest BCUT2D eigenvalue weighted by Gasteiger charge is 2.44. The molecule has 1 aliphatic rings. The number of piperazine rings is 1. The Labute approximate surface area is 114 Å². The molecule has 1 fully saturated rings. The van der Waals surface area contributed by atoms with Crippen LogP contribution in [0.3, 0.4) is 0 Å². The predicted molar refractivity (Wildman–Crippen MR) is 75.1 cm³/mol. The Balaban J connectivity index is 2.37. The number of hydrogen-bond donors (Lipinski definition) is 1. The van der Waals surface area contributed by atoms with Gasteiger partial charge in [-0.3, -0.25) is 4.90 Å². The zero-order valence-electron chi connectivity index (χ0n) is 11.7. The maximum absolute atomic E-state index is 12.0. The average molecular weight is 262 g/mol. The lowest BCUT2D eigenvalue weighted by atomic mass is 9.84. The van der Waals surface area contributed by atoms with E-state index in [1.165, 1.54) is 0 Å². The van der Waals surface area contributed by atoms with E-state index >= 15 is 0 Å². The van der Waals surface area contributed by atoms with Gasteiger partial charge in [-0.1, -0.05) is 37.3 Å². The van der Waals surface area contributed by atoms with Crippen LogP contribution in [0.1, 0.15) is 18.9 Å². The molecule has 0 aromatic heterocycles. The molecule has 1 aromatic carbocycles. The molecule has 4 nitrogen and oxygen atoms in total. The van der Waals surface area contributed by atoms with Crippen molar-refractivity contribution in [2.45, 2.75) is 18.9 Å². The van der Waals surface area contributed by atoms with E-state index in [0.29, 0.717) is 6.42 Å². The van der Waals surface area contributed by atoms with E-state index in [-0.39, 0.29) is 0 Å². The highest BCUT2D eigenvalue weighted by atomic mass is 16.4. The molecule has 1 N–H and O–H groups in total. The molecule has 4 heteroatoms. The van der Waals surface area contributed by atoms with Crippen molar-refractivity contribution >= 4 is 5.97 Å². The van der Waals surface area contributed by atoms with Gasteiger partial charge in [-0.25, -0.2) is 4.79 Å². The van der Waals surface area contributed by atoms with Gasteiger partial charge in [0.1, 0.15) is 5.54 Å². The summed E-state index contributed by atoms with van der Waals surface area (Å²) < 4.78 is 0. The second kappa shape index (κ2) is 5.72. The molecule has 0 amide bonds. The summed E-state index contributed by atoms with van der Waals surface area (Å²) in [4.78, 5) is 16.3. The van der Waals surface area contributed by atoms with E-state index in [9.17, 15) is 9.90 Å². The Morgan fingerprint density at radius 1 is 1.21 bits per heavy atom. The number of benzene rings is 1. The first-order chi connectivity index (χ1) is 9.11. The van der Waals surface area contributed by atoms with Gasteiger partial charge in [0.15, 0.2) is 0 Å². The number of carbonyl (C=O) groups is 1. The molecule has 0 aliphatic carbocycles. The molecule has 1 saturated heterocycles. The van der Waals surface area contributed by atoms with Gasteiger partial charge in [0.25, 0.3) is 0 Å². The first-order valence-corrected chi connectivity index (χ1v) is 6.83. The first kappa shape index (κ1) is 14.0. The Morgan fingerprint density at radius 3 is 2.26 bits per heavy atom. The number of carboxylic acids is 1. The molecular formula is C15H22N2O2. The fraction of sp³-hybridized carbons (Fsp3) is 0.533. The van der Waals surface area contributed by atoms with Crippen molar-refractivity contribution in [2.75, 3.05) is 33.2 Å². The summed E-state index contributed by atoms with van der Waals surface area (Å²) in [6.07, 6.45) is 0.579. The van der Waals surface area contributed by atoms with E-state index in [1.807, 2.05) is 37.3 Å². The van der Waals surface area contributed by atoms with Crippen LogP contribution >= 0.6 is 0 Å². The predicted octanol–water partition coefficient (Wildman–Crippen LogP) is 1.62. The van der Waals surface area contributed by atoms with Crippen LogP contribution in [-0.4, -0.2) is 54.1 Å². The van der Waals surface area contributed by atoms with Crippen molar-refractivity contribution in [1.82, 2.24) is 9.80 Å². The molecular weight excluding hydrogens is 240 g/mol. The van der Waals surface area contributed by atoms with Gasteiger partial charge in [0, 0.05) is 26.2 Å². The smallest absolute Gasteiger partial charge is 0.328 e. The Hall–Kier alpha value is -1.39. The van der Waals surface area contributed by atoms with Crippen LogP contribution in [0, 0.1) is 0 Å². The molecule has 1 unspecified atom stereocenters. The number of aliphatic carboxylic acids is 1. The number of nitrogens with zero attached hydrogens (tertiary/aromatic N) is 2. The van der Waals surface area contributed by atoms with Crippen LogP contribution in [-0.2, 0) is 10.3 Å². The van der Waals surface area contributed by atoms with Gasteiger partial charge in [0.05, 0.1) is 0 Å². The van der Waals surface area contributed by atoms with Gasteiger partial charge in [-0.15, -0.1) is 0 Å². The largest absolute Gasteiger partial charge is 0.480 e. The van der Waals surface area contributed by atoms with Gasteiger partial charge < -0.3 is 10.0 Å². The molecule has 0 spiro atoms. The maximum Gasteiger partial charge on any atom is 0.328 e. The lowest BCUT2D eigenvalue weighted by Gasteiger charge is -2.44. The molecule has 0 saturated carbocycles. The topological polar surface area (TPSA) is 43.8 Å². The third-order valence-corrected chi connectivity index (χ3v) is 4.16. The molecule has 104 valence electrons. The standard InChI is InChI=1S/C15H22N2O2/c1-3-15(14(18)19,13-7-5-4-6-8-13)17-11-9-16(2)10-12-17/h4-8H,3,9-12H2,1-2H3,(H,18,19). The third-order valence-electron chi connectivity index (χ3n) is 4.16. The quantitative estimate of drug-likeness (QED) is 0.895. The second-order valence-corrected chi connectivity index (χ2v) is 5.18. The van der Waals surface area contributed by atoms with Crippen LogP contribution in [0.25, 0.3) is 0 Å². The highest BCUT2D eigenvalue weighted by molar-refractivity contribution is 5.80. The van der Waals surface area contributed by atoms with Gasteiger partial charge in [-0.2, -0.15) is 0 Å². The molecule has 0 bridgehead atoms. The van der Waals surface area contributed by atoms with E-state index in [4.69, 9.17) is 0 Å². The van der Waals surface area contributed by atoms with Crippen LogP contribution in [0.4, 0.5) is 0 Å². The fourth-order valence-corrected chi connectivity index (χ4v) is 2.92. The molecule has 1 aliphatic heterocycles. The fourth-order valence-electron chi connectivity index (χ4n) is 2.92. The summed E-state index contributed by atoms with van der Waals surface area (Å²) in [5, 5.41) is 9.84. The van der Waals surface area contributed by atoms with E-state index in [0.717, 1.165) is 31.7 Å². The van der Waals surface area contributed by atoms with Crippen LogP contribution < -0.4 is 0 Å². The van der Waals surface area contributed by atoms with Gasteiger partial charge in [-0.05, 0) is 19.0 Å². The van der Waals surface area contributed by atoms with Gasteiger partial charge >= 0.3 is 5.97 Å². The van der Waals surface area contributed by atoms with E-state index in [2.05, 4.69) is 16.8 Å². The Kier molecular flexibility index (Phi) is 4.22. The minimum atomic E-state index is -0.886. The summed E-state index contributed by atoms with van der Waals surface area (Å²) in [5.41, 5.74) is -0.00254. The van der Waals surface area contributed by atoms with E-state index < -0.39 is 11.5 Å². The number of carboxylic acid groups (broad SMARTS) is 1. The zero-order valence-corrected chi connectivity index (χ0v) is 11.7. The summed E-state index contributed by atoms with van der Waals surface area (Å²) >= 11 is 0. The lowest BCUT2D eigenvalue weighted by molar-refractivity contribution is -0.154. The molecule has 19 heavy (non-hydrogen) atoms. The third kappa shape index (κ3) is 2.51. The maximum atomic E-state index is 12.0. The molecule has 1 heterocycles. The molecule has 1 aromatic rings. The Bertz CT molecular complexity index is 427. The Morgan fingerprint density at radius 2 is 1.79 bits per heavy atom. The van der Waals surface area contributed by atoms with Crippen LogP contribution in [0.5, 0.6) is 0 Å².